The molecule has 0 saturated carbocycles. The Labute approximate surface area is 202 Å². The Kier molecular flexibility index (Phi) is 12.0. The van der Waals surface area contributed by atoms with Gasteiger partial charge in [-0.2, -0.15) is 0 Å². The van der Waals surface area contributed by atoms with Crippen LogP contribution in [0.15, 0.2) is 42.6 Å². The molecule has 0 bridgehead atoms. The Morgan fingerprint density at radius 1 is 1.25 bits per heavy atom. The van der Waals surface area contributed by atoms with Crippen molar-refractivity contribution in [3.05, 3.63) is 59.4 Å². The van der Waals surface area contributed by atoms with Gasteiger partial charge in [0.05, 0.1) is 25.2 Å². The van der Waals surface area contributed by atoms with Crippen molar-refractivity contribution in [3.8, 4) is 5.75 Å². The largest absolute Gasteiger partial charge is 0.491 e. The first-order chi connectivity index (χ1) is 14.5. The highest BCUT2D eigenvalue weighted by Gasteiger charge is 2.28. The van der Waals surface area contributed by atoms with Crippen LogP contribution in [0.1, 0.15) is 29.3 Å². The molecule has 3 rings (SSSR count). The molecule has 1 unspecified atom stereocenters. The quantitative estimate of drug-likeness (QED) is 0.567. The van der Waals surface area contributed by atoms with E-state index >= 15 is 0 Å². The van der Waals surface area contributed by atoms with Gasteiger partial charge in [-0.05, 0) is 42.7 Å². The first-order valence-electron chi connectivity index (χ1n) is 10.4. The van der Waals surface area contributed by atoms with Gasteiger partial charge in [-0.15, -0.1) is 24.8 Å². The normalized spacial score (nSPS) is 16.6. The van der Waals surface area contributed by atoms with Gasteiger partial charge in [0.2, 0.25) is 5.91 Å². The fraction of sp³-hybridized carbons (Fsp3) is 0.478. The number of β-amino-alcohol motifs (C(OH)–C–C–N with tert-alkyl or cyclic N) is 1. The number of ether oxygens (including phenoxy) is 1. The Morgan fingerprint density at radius 2 is 1.97 bits per heavy atom. The average Bonchev–Trinajstić information content (AvgIpc) is 3.17. The van der Waals surface area contributed by atoms with Crippen LogP contribution in [0.4, 0.5) is 0 Å². The standard InChI is InChI=1S/C23H31N3O4.2ClH/c1-17-3-4-18(14-24-17)13-23(29)25(2)22(16-26-10-9-20(28)15-26)19-5-7-21(8-6-19)30-12-11-27;;/h3-8,14,20,22,27-28H,9-13,15-16H2,1-2H3;2*1H/t20-,22?;;/m0../s1. The van der Waals surface area contributed by atoms with Gasteiger partial charge in [0, 0.05) is 38.6 Å². The van der Waals surface area contributed by atoms with Gasteiger partial charge in [0.25, 0.3) is 0 Å². The number of hydrogen-bond acceptors (Lipinski definition) is 6. The minimum absolute atomic E-state index is 0. The second-order valence-electron chi connectivity index (χ2n) is 7.85. The van der Waals surface area contributed by atoms with E-state index in [1.54, 1.807) is 11.1 Å². The van der Waals surface area contributed by atoms with E-state index in [4.69, 9.17) is 9.84 Å². The number of rotatable bonds is 9. The molecule has 1 aliphatic rings. The van der Waals surface area contributed by atoms with Crippen LogP contribution in [0.25, 0.3) is 0 Å². The van der Waals surface area contributed by atoms with E-state index in [0.29, 0.717) is 25.3 Å². The summed E-state index contributed by atoms with van der Waals surface area (Å²) in [6.45, 7) is 4.23. The third-order valence-corrected chi connectivity index (χ3v) is 5.49. The topological polar surface area (TPSA) is 86.1 Å². The van der Waals surface area contributed by atoms with E-state index in [2.05, 4.69) is 9.88 Å². The maximum atomic E-state index is 13.0. The van der Waals surface area contributed by atoms with Crippen LogP contribution in [0, 0.1) is 6.92 Å². The number of aryl methyl sites for hydroxylation is 1. The SMILES string of the molecule is Cc1ccc(CC(=O)N(C)C(CN2CC[C@H](O)C2)c2ccc(OCCO)cc2)cn1.Cl.Cl. The predicted molar refractivity (Wildman–Crippen MR) is 129 cm³/mol. The van der Waals surface area contributed by atoms with Crippen LogP contribution in [-0.4, -0.2) is 76.9 Å². The van der Waals surface area contributed by atoms with E-state index in [1.807, 2.05) is 50.4 Å². The lowest BCUT2D eigenvalue weighted by Gasteiger charge is -2.32. The summed E-state index contributed by atoms with van der Waals surface area (Å²) in [5.74, 6) is 0.703. The number of likely N-dealkylation sites (N-methyl/N-ethyl adjacent to an activating group) is 1. The Balaban J connectivity index is 0.00000256. The van der Waals surface area contributed by atoms with Crippen LogP contribution < -0.4 is 4.74 Å². The monoisotopic (exact) mass is 485 g/mol. The van der Waals surface area contributed by atoms with Gasteiger partial charge in [-0.1, -0.05) is 18.2 Å². The molecular weight excluding hydrogens is 453 g/mol. The molecule has 0 aliphatic carbocycles. The van der Waals surface area contributed by atoms with Gasteiger partial charge in [0.1, 0.15) is 12.4 Å². The molecule has 178 valence electrons. The fourth-order valence-corrected chi connectivity index (χ4v) is 3.70. The van der Waals surface area contributed by atoms with Gasteiger partial charge in [0.15, 0.2) is 0 Å². The molecule has 0 radical (unpaired) electrons. The molecule has 2 N–H and O–H groups in total. The minimum atomic E-state index is -0.306. The number of nitrogens with zero attached hydrogens (tertiary/aromatic N) is 3. The van der Waals surface area contributed by atoms with E-state index in [-0.39, 0.29) is 56.1 Å². The zero-order valence-corrected chi connectivity index (χ0v) is 20.1. The lowest BCUT2D eigenvalue weighted by atomic mass is 10.0. The maximum Gasteiger partial charge on any atom is 0.227 e. The average molecular weight is 486 g/mol. The van der Waals surface area contributed by atoms with Gasteiger partial charge in [-0.3, -0.25) is 14.7 Å². The summed E-state index contributed by atoms with van der Waals surface area (Å²) in [4.78, 5) is 21.3. The second-order valence-corrected chi connectivity index (χ2v) is 7.85. The molecule has 32 heavy (non-hydrogen) atoms. The third-order valence-electron chi connectivity index (χ3n) is 5.49. The molecule has 2 heterocycles. The van der Waals surface area contributed by atoms with Gasteiger partial charge >= 0.3 is 0 Å². The van der Waals surface area contributed by atoms with Crippen LogP contribution in [-0.2, 0) is 11.2 Å². The van der Waals surface area contributed by atoms with Crippen molar-refractivity contribution in [2.24, 2.45) is 0 Å². The number of aliphatic hydroxyl groups excluding tert-OH is 2. The van der Waals surface area contributed by atoms with Gasteiger partial charge in [-0.25, -0.2) is 0 Å². The lowest BCUT2D eigenvalue weighted by Crippen LogP contribution is -2.39. The molecule has 2 aromatic rings. The van der Waals surface area contributed by atoms with Crippen LogP contribution in [0.3, 0.4) is 0 Å². The van der Waals surface area contributed by atoms with Gasteiger partial charge < -0.3 is 19.8 Å². The Morgan fingerprint density at radius 3 is 2.53 bits per heavy atom. The molecule has 1 aromatic heterocycles. The second kappa shape index (κ2) is 13.6. The third kappa shape index (κ3) is 7.90. The molecule has 9 heteroatoms. The first-order valence-corrected chi connectivity index (χ1v) is 10.4. The number of pyridine rings is 1. The molecule has 1 aromatic carbocycles. The van der Waals surface area contributed by atoms with Crippen molar-refractivity contribution in [2.75, 3.05) is 39.9 Å². The fourth-order valence-electron chi connectivity index (χ4n) is 3.70. The van der Waals surface area contributed by atoms with Crippen molar-refractivity contribution < 1.29 is 19.7 Å². The molecular formula is C23H33Cl2N3O4. The lowest BCUT2D eigenvalue weighted by molar-refractivity contribution is -0.131. The van der Waals surface area contributed by atoms with Crippen molar-refractivity contribution in [1.29, 1.82) is 0 Å². The first kappa shape index (κ1) is 28.1. The number of aliphatic hydroxyl groups is 2. The number of amides is 1. The number of halogens is 2. The smallest absolute Gasteiger partial charge is 0.227 e. The van der Waals surface area contributed by atoms with E-state index in [9.17, 15) is 9.90 Å². The molecule has 2 atom stereocenters. The minimum Gasteiger partial charge on any atom is -0.491 e. The Bertz CT molecular complexity index is 821. The van der Waals surface area contributed by atoms with Crippen molar-refractivity contribution in [2.45, 2.75) is 31.9 Å². The summed E-state index contributed by atoms with van der Waals surface area (Å²) < 4.78 is 5.45. The predicted octanol–water partition coefficient (Wildman–Crippen LogP) is 2.41. The zero-order valence-electron chi connectivity index (χ0n) is 18.5. The van der Waals surface area contributed by atoms with Crippen LogP contribution >= 0.6 is 24.8 Å². The molecule has 1 fully saturated rings. The van der Waals surface area contributed by atoms with Crippen LogP contribution in [0.5, 0.6) is 5.75 Å². The summed E-state index contributed by atoms with van der Waals surface area (Å²) in [7, 11) is 1.83. The molecule has 1 saturated heterocycles. The van der Waals surface area contributed by atoms with E-state index < -0.39 is 0 Å². The number of carbonyl (C=O) groups excluding carboxylic acids is 1. The summed E-state index contributed by atoms with van der Waals surface area (Å²) >= 11 is 0. The molecule has 7 nitrogen and oxygen atoms in total. The molecule has 1 aliphatic heterocycles. The molecule has 1 amide bonds. The summed E-state index contributed by atoms with van der Waals surface area (Å²) in [6, 6.07) is 11.3. The number of likely N-dealkylation sites (tertiary alicyclic amines) is 1. The highest BCUT2D eigenvalue weighted by atomic mass is 35.5. The Hall–Kier alpha value is -1.90. The van der Waals surface area contributed by atoms with Crippen LogP contribution in [0.2, 0.25) is 0 Å². The maximum absolute atomic E-state index is 13.0. The molecule has 0 spiro atoms. The summed E-state index contributed by atoms with van der Waals surface area (Å²) in [6.07, 6.45) is 2.49. The van der Waals surface area contributed by atoms with E-state index in [0.717, 1.165) is 29.8 Å². The number of benzene rings is 1. The highest BCUT2D eigenvalue weighted by molar-refractivity contribution is 5.85. The highest BCUT2D eigenvalue weighted by Crippen LogP contribution is 2.26. The number of aromatic nitrogens is 1. The van der Waals surface area contributed by atoms with Crippen molar-refractivity contribution in [1.82, 2.24) is 14.8 Å². The van der Waals surface area contributed by atoms with E-state index in [1.165, 1.54) is 0 Å². The number of carbonyl (C=O) groups is 1. The van der Waals surface area contributed by atoms with Crippen molar-refractivity contribution >= 4 is 30.7 Å². The zero-order chi connectivity index (χ0) is 21.5. The summed E-state index contributed by atoms with van der Waals surface area (Å²) in [5.41, 5.74) is 2.82. The number of hydrogen-bond donors (Lipinski definition) is 2. The van der Waals surface area contributed by atoms with Crippen molar-refractivity contribution in [3.63, 3.8) is 0 Å². The summed E-state index contributed by atoms with van der Waals surface area (Å²) in [5, 5.41) is 18.8.